The molecule has 0 N–H and O–H groups in total. The average molecular weight is 383 g/mol. The van der Waals surface area contributed by atoms with Gasteiger partial charge in [0.25, 0.3) is 0 Å². The summed E-state index contributed by atoms with van der Waals surface area (Å²) in [7, 11) is 1.99. The summed E-state index contributed by atoms with van der Waals surface area (Å²) in [4.78, 5) is 17.5. The van der Waals surface area contributed by atoms with Gasteiger partial charge in [0.2, 0.25) is 5.91 Å². The van der Waals surface area contributed by atoms with E-state index in [-0.39, 0.29) is 5.91 Å². The van der Waals surface area contributed by atoms with Crippen LogP contribution in [-0.4, -0.2) is 47.9 Å². The molecule has 2 atom stereocenters. The summed E-state index contributed by atoms with van der Waals surface area (Å²) in [5, 5.41) is 1.04. The van der Waals surface area contributed by atoms with Crippen molar-refractivity contribution >= 4 is 29.1 Å². The Morgan fingerprint density at radius 3 is 2.52 bits per heavy atom. The Balaban J connectivity index is 1.70. The fraction of sp³-hybridized carbons (Fsp3) is 0.650. The van der Waals surface area contributed by atoms with Crippen molar-refractivity contribution in [2.45, 2.75) is 63.5 Å². The van der Waals surface area contributed by atoms with Gasteiger partial charge < -0.3 is 4.90 Å². The molecule has 25 heavy (non-hydrogen) atoms. The second-order valence-electron chi connectivity index (χ2n) is 7.45. The van der Waals surface area contributed by atoms with Crippen molar-refractivity contribution in [3.05, 3.63) is 33.8 Å². The highest BCUT2D eigenvalue weighted by Gasteiger charge is 2.34. The summed E-state index contributed by atoms with van der Waals surface area (Å²) in [6.45, 7) is 2.38. The van der Waals surface area contributed by atoms with Crippen LogP contribution in [0.1, 0.15) is 50.5 Å². The van der Waals surface area contributed by atoms with E-state index in [9.17, 15) is 4.79 Å². The van der Waals surface area contributed by atoms with E-state index in [0.29, 0.717) is 28.5 Å². The number of hydrogen-bond acceptors (Lipinski definition) is 2. The summed E-state index contributed by atoms with van der Waals surface area (Å²) in [5.74, 6) is 0.175. The van der Waals surface area contributed by atoms with E-state index in [1.807, 2.05) is 18.0 Å². The third-order valence-electron chi connectivity index (χ3n) is 5.78. The zero-order valence-electron chi connectivity index (χ0n) is 15.0. The molecule has 138 valence electrons. The van der Waals surface area contributed by atoms with Crippen molar-refractivity contribution in [3.8, 4) is 0 Å². The zero-order chi connectivity index (χ0) is 17.8. The fourth-order valence-electron chi connectivity index (χ4n) is 4.35. The average Bonchev–Trinajstić information content (AvgIpc) is 3.02. The Kier molecular flexibility index (Phi) is 6.65. The molecule has 1 amide bonds. The minimum absolute atomic E-state index is 0.175. The molecule has 3 rings (SSSR count). The maximum Gasteiger partial charge on any atom is 0.227 e. The number of halogens is 2. The van der Waals surface area contributed by atoms with Gasteiger partial charge in [-0.25, -0.2) is 0 Å². The summed E-state index contributed by atoms with van der Waals surface area (Å²) < 4.78 is 0. The Morgan fingerprint density at radius 1 is 1.08 bits per heavy atom. The number of amides is 1. The maximum absolute atomic E-state index is 12.9. The number of carbonyl (C=O) groups excluding carboxylic acids is 1. The molecule has 0 aromatic heterocycles. The quantitative estimate of drug-likeness (QED) is 0.698. The minimum atomic E-state index is 0.175. The van der Waals surface area contributed by atoms with E-state index < -0.39 is 0 Å². The van der Waals surface area contributed by atoms with Gasteiger partial charge in [0.1, 0.15) is 0 Å². The Hall–Kier alpha value is -0.770. The minimum Gasteiger partial charge on any atom is -0.341 e. The smallest absolute Gasteiger partial charge is 0.227 e. The van der Waals surface area contributed by atoms with E-state index in [1.165, 1.54) is 51.6 Å². The number of carbonyl (C=O) groups is 1. The normalized spacial score (nSPS) is 24.9. The van der Waals surface area contributed by atoms with Crippen LogP contribution >= 0.6 is 23.2 Å². The van der Waals surface area contributed by atoms with E-state index in [4.69, 9.17) is 23.2 Å². The molecule has 1 saturated carbocycles. The van der Waals surface area contributed by atoms with Gasteiger partial charge in [-0.15, -0.1) is 0 Å². The van der Waals surface area contributed by atoms with Gasteiger partial charge in [0.05, 0.1) is 16.5 Å². The monoisotopic (exact) mass is 382 g/mol. The molecule has 2 fully saturated rings. The van der Waals surface area contributed by atoms with Crippen LogP contribution in [-0.2, 0) is 11.2 Å². The first-order valence-corrected chi connectivity index (χ1v) is 10.3. The van der Waals surface area contributed by atoms with Crippen LogP contribution in [0.2, 0.25) is 10.0 Å². The van der Waals surface area contributed by atoms with Gasteiger partial charge >= 0.3 is 0 Å². The standard InChI is InChI=1S/C20H28Cl2N2O/c1-23(20(25)14-15-9-10-16(21)17(22)13-15)18-7-3-2-4-8-19(18)24-11-5-6-12-24/h9-10,13,18-19H,2-8,11-12,14H2,1H3. The lowest BCUT2D eigenvalue weighted by molar-refractivity contribution is -0.132. The van der Waals surface area contributed by atoms with Crippen LogP contribution in [0.4, 0.5) is 0 Å². The maximum atomic E-state index is 12.9. The topological polar surface area (TPSA) is 23.6 Å². The van der Waals surface area contributed by atoms with Crippen molar-refractivity contribution in [1.29, 1.82) is 0 Å². The molecule has 2 aliphatic rings. The molecule has 0 bridgehead atoms. The Bertz CT molecular complexity index is 601. The largest absolute Gasteiger partial charge is 0.341 e. The summed E-state index contributed by atoms with van der Waals surface area (Å²) in [6.07, 6.45) is 9.10. The molecule has 0 radical (unpaired) electrons. The van der Waals surface area contributed by atoms with Crippen molar-refractivity contribution in [2.75, 3.05) is 20.1 Å². The zero-order valence-corrected chi connectivity index (χ0v) is 16.5. The van der Waals surface area contributed by atoms with Crippen LogP contribution in [0.3, 0.4) is 0 Å². The molecule has 1 saturated heterocycles. The second kappa shape index (κ2) is 8.75. The first kappa shape index (κ1) is 19.0. The SMILES string of the molecule is CN(C(=O)Cc1ccc(Cl)c(Cl)c1)C1CCCCCC1N1CCCC1. The number of likely N-dealkylation sites (tertiary alicyclic amines) is 1. The molecular formula is C20H28Cl2N2O. The van der Waals surface area contributed by atoms with Crippen molar-refractivity contribution in [2.24, 2.45) is 0 Å². The highest BCUT2D eigenvalue weighted by molar-refractivity contribution is 6.42. The molecule has 0 spiro atoms. The molecule has 1 heterocycles. The fourth-order valence-corrected chi connectivity index (χ4v) is 4.67. The van der Waals surface area contributed by atoms with E-state index >= 15 is 0 Å². The summed E-state index contributed by atoms with van der Waals surface area (Å²) in [6, 6.07) is 6.32. The number of nitrogens with zero attached hydrogens (tertiary/aromatic N) is 2. The molecular weight excluding hydrogens is 355 g/mol. The summed E-state index contributed by atoms with van der Waals surface area (Å²) >= 11 is 12.1. The predicted octanol–water partition coefficient (Wildman–Crippen LogP) is 4.79. The van der Waals surface area contributed by atoms with Gasteiger partial charge in [-0.3, -0.25) is 9.69 Å². The molecule has 1 aromatic carbocycles. The first-order valence-electron chi connectivity index (χ1n) is 9.50. The van der Waals surface area contributed by atoms with Crippen LogP contribution < -0.4 is 0 Å². The third-order valence-corrected chi connectivity index (χ3v) is 6.52. The highest BCUT2D eigenvalue weighted by atomic mass is 35.5. The van der Waals surface area contributed by atoms with Crippen molar-refractivity contribution < 1.29 is 4.79 Å². The van der Waals surface area contributed by atoms with Crippen LogP contribution in [0.5, 0.6) is 0 Å². The molecule has 1 aliphatic carbocycles. The third kappa shape index (κ3) is 4.69. The molecule has 3 nitrogen and oxygen atoms in total. The lowest BCUT2D eigenvalue weighted by Gasteiger charge is -2.38. The van der Waals surface area contributed by atoms with Crippen molar-refractivity contribution in [3.63, 3.8) is 0 Å². The predicted molar refractivity (Wildman–Crippen MR) is 104 cm³/mol. The number of hydrogen-bond donors (Lipinski definition) is 0. The van der Waals surface area contributed by atoms with Crippen molar-refractivity contribution in [1.82, 2.24) is 9.80 Å². The van der Waals surface area contributed by atoms with Gasteiger partial charge in [0, 0.05) is 19.1 Å². The second-order valence-corrected chi connectivity index (χ2v) is 8.26. The van der Waals surface area contributed by atoms with Gasteiger partial charge in [0.15, 0.2) is 0 Å². The van der Waals surface area contributed by atoms with E-state index in [1.54, 1.807) is 12.1 Å². The highest BCUT2D eigenvalue weighted by Crippen LogP contribution is 2.29. The number of benzene rings is 1. The first-order chi connectivity index (χ1) is 12.1. The van der Waals surface area contributed by atoms with E-state index in [2.05, 4.69) is 4.90 Å². The lowest BCUT2D eigenvalue weighted by atomic mass is 9.99. The van der Waals surface area contributed by atoms with Crippen LogP contribution in [0, 0.1) is 0 Å². The Labute approximate surface area is 161 Å². The van der Waals surface area contributed by atoms with E-state index in [0.717, 1.165) is 12.0 Å². The number of likely N-dealkylation sites (N-methyl/N-ethyl adjacent to an activating group) is 1. The Morgan fingerprint density at radius 2 is 1.80 bits per heavy atom. The lowest BCUT2D eigenvalue weighted by Crippen LogP contribution is -2.51. The summed E-state index contributed by atoms with van der Waals surface area (Å²) in [5.41, 5.74) is 0.928. The van der Waals surface area contributed by atoms with Crippen LogP contribution in [0.25, 0.3) is 0 Å². The van der Waals surface area contributed by atoms with Crippen LogP contribution in [0.15, 0.2) is 18.2 Å². The molecule has 1 aliphatic heterocycles. The van der Waals surface area contributed by atoms with Gasteiger partial charge in [-0.1, -0.05) is 48.5 Å². The van der Waals surface area contributed by atoms with Gasteiger partial charge in [-0.2, -0.15) is 0 Å². The number of rotatable bonds is 4. The van der Waals surface area contributed by atoms with Gasteiger partial charge in [-0.05, 0) is 56.5 Å². The molecule has 5 heteroatoms. The molecule has 1 aromatic rings. The molecule has 2 unspecified atom stereocenters.